The highest BCUT2D eigenvalue weighted by atomic mass is 79.9. The van der Waals surface area contributed by atoms with Gasteiger partial charge in [-0.2, -0.15) is 0 Å². The Morgan fingerprint density at radius 2 is 1.87 bits per heavy atom. The minimum absolute atomic E-state index is 0.172. The van der Waals surface area contributed by atoms with Crippen LogP contribution in [0.3, 0.4) is 0 Å². The lowest BCUT2D eigenvalue weighted by atomic mass is 9.90. The molecule has 2 aromatic carbocycles. The monoisotopic (exact) mass is 484 g/mol. The molecular weight excluding hydrogens is 460 g/mol. The number of hydrogen-bond acceptors (Lipinski definition) is 4. The normalized spacial score (nSPS) is 15.9. The Labute approximate surface area is 189 Å². The number of amides is 1. The Hall–Kier alpha value is -2.12. The fourth-order valence-electron chi connectivity index (χ4n) is 3.84. The Bertz CT molecular complexity index is 986. The molecule has 0 spiro atoms. The maximum Gasteiger partial charge on any atom is 0.235 e. The van der Waals surface area contributed by atoms with Crippen LogP contribution in [-0.2, 0) is 11.2 Å². The van der Waals surface area contributed by atoms with Gasteiger partial charge in [-0.25, -0.2) is 4.98 Å². The molecule has 0 radical (unpaired) electrons. The number of nitrogens with one attached hydrogen (secondary N) is 1. The van der Waals surface area contributed by atoms with Crippen LogP contribution in [-0.4, -0.2) is 44.3 Å². The number of aromatic nitrogens is 3. The van der Waals surface area contributed by atoms with E-state index in [1.165, 1.54) is 17.3 Å². The van der Waals surface area contributed by atoms with E-state index in [-0.39, 0.29) is 11.2 Å². The summed E-state index contributed by atoms with van der Waals surface area (Å²) in [5.41, 5.74) is 2.34. The summed E-state index contributed by atoms with van der Waals surface area (Å²) in [5, 5.41) is 7.66. The zero-order valence-electron chi connectivity index (χ0n) is 16.9. The fraction of sp³-hybridized carbons (Fsp3) is 0.348. The van der Waals surface area contributed by atoms with Crippen molar-refractivity contribution in [2.45, 2.75) is 36.6 Å². The maximum atomic E-state index is 12.9. The van der Waals surface area contributed by atoms with Crippen LogP contribution in [0.5, 0.6) is 0 Å². The highest BCUT2D eigenvalue weighted by Gasteiger charge is 2.27. The third-order valence-corrected chi connectivity index (χ3v) is 7.16. The van der Waals surface area contributed by atoms with Gasteiger partial charge >= 0.3 is 0 Å². The number of H-pyrrole nitrogens is 1. The molecule has 1 fully saturated rings. The van der Waals surface area contributed by atoms with Crippen LogP contribution < -0.4 is 0 Å². The first-order valence-electron chi connectivity index (χ1n) is 10.3. The molecule has 1 atom stereocenters. The second kappa shape index (κ2) is 9.79. The van der Waals surface area contributed by atoms with Gasteiger partial charge in [0, 0.05) is 23.1 Å². The average molecular weight is 485 g/mol. The zero-order chi connectivity index (χ0) is 20.9. The van der Waals surface area contributed by atoms with Crippen molar-refractivity contribution in [3.05, 3.63) is 64.6 Å². The summed E-state index contributed by atoms with van der Waals surface area (Å²) in [6, 6.07) is 18.5. The van der Waals surface area contributed by atoms with Gasteiger partial charge in [0.15, 0.2) is 5.82 Å². The third-order valence-electron chi connectivity index (χ3n) is 5.52. The van der Waals surface area contributed by atoms with Crippen molar-refractivity contribution in [2.24, 2.45) is 5.92 Å². The second-order valence-corrected chi connectivity index (χ2v) is 9.83. The van der Waals surface area contributed by atoms with Gasteiger partial charge in [0.2, 0.25) is 11.1 Å². The van der Waals surface area contributed by atoms with Gasteiger partial charge in [0.05, 0.1) is 5.25 Å². The largest absolute Gasteiger partial charge is 0.342 e. The first kappa shape index (κ1) is 21.1. The molecule has 1 aliphatic rings. The molecule has 0 saturated carbocycles. The minimum atomic E-state index is -0.210. The second-order valence-electron chi connectivity index (χ2n) is 7.66. The van der Waals surface area contributed by atoms with Gasteiger partial charge in [-0.05, 0) is 43.7 Å². The molecule has 30 heavy (non-hydrogen) atoms. The molecule has 0 bridgehead atoms. The van der Waals surface area contributed by atoms with Gasteiger partial charge in [-0.15, -0.1) is 5.10 Å². The highest BCUT2D eigenvalue weighted by Crippen LogP contribution is 2.29. The van der Waals surface area contributed by atoms with Crippen molar-refractivity contribution in [1.29, 1.82) is 0 Å². The molecule has 156 valence electrons. The number of thioether (sulfide) groups is 1. The minimum Gasteiger partial charge on any atom is -0.342 e. The van der Waals surface area contributed by atoms with E-state index in [2.05, 4.69) is 61.4 Å². The van der Waals surface area contributed by atoms with Gasteiger partial charge < -0.3 is 4.90 Å². The van der Waals surface area contributed by atoms with Crippen molar-refractivity contribution < 1.29 is 4.79 Å². The quantitative estimate of drug-likeness (QED) is 0.488. The molecule has 4 rings (SSSR count). The van der Waals surface area contributed by atoms with Crippen LogP contribution >= 0.6 is 27.7 Å². The van der Waals surface area contributed by atoms with Crippen molar-refractivity contribution in [2.75, 3.05) is 13.1 Å². The van der Waals surface area contributed by atoms with E-state index in [1.807, 2.05) is 36.1 Å². The number of hydrogen-bond donors (Lipinski definition) is 1. The summed E-state index contributed by atoms with van der Waals surface area (Å²) >= 11 is 4.95. The molecular formula is C23H25BrN4OS. The van der Waals surface area contributed by atoms with Crippen LogP contribution in [0.15, 0.2) is 64.2 Å². The van der Waals surface area contributed by atoms with Crippen LogP contribution in [0.4, 0.5) is 0 Å². The first-order valence-corrected chi connectivity index (χ1v) is 11.9. The summed E-state index contributed by atoms with van der Waals surface area (Å²) in [5.74, 6) is 1.52. The Kier molecular flexibility index (Phi) is 6.89. The smallest absolute Gasteiger partial charge is 0.235 e. The number of halogens is 1. The first-order chi connectivity index (χ1) is 14.6. The van der Waals surface area contributed by atoms with Crippen LogP contribution in [0.1, 0.15) is 25.3 Å². The lowest BCUT2D eigenvalue weighted by Crippen LogP contribution is -2.42. The number of rotatable bonds is 6. The van der Waals surface area contributed by atoms with E-state index in [4.69, 9.17) is 0 Å². The molecule has 1 saturated heterocycles. The van der Waals surface area contributed by atoms with Gasteiger partial charge in [0.1, 0.15) is 0 Å². The van der Waals surface area contributed by atoms with E-state index < -0.39 is 0 Å². The number of likely N-dealkylation sites (tertiary alicyclic amines) is 1. The predicted molar refractivity (Wildman–Crippen MR) is 124 cm³/mol. The summed E-state index contributed by atoms with van der Waals surface area (Å²) in [7, 11) is 0. The third kappa shape index (κ3) is 5.13. The predicted octanol–water partition coefficient (Wildman–Crippen LogP) is 5.20. The maximum absolute atomic E-state index is 12.9. The Morgan fingerprint density at radius 1 is 1.17 bits per heavy atom. The highest BCUT2D eigenvalue weighted by molar-refractivity contribution is 9.10. The van der Waals surface area contributed by atoms with Gasteiger partial charge in [0.25, 0.3) is 0 Å². The van der Waals surface area contributed by atoms with Crippen LogP contribution in [0, 0.1) is 5.92 Å². The van der Waals surface area contributed by atoms with Crippen molar-refractivity contribution in [1.82, 2.24) is 20.1 Å². The Balaban J connectivity index is 1.30. The lowest BCUT2D eigenvalue weighted by molar-refractivity contribution is -0.131. The SMILES string of the molecule is CC(Sc1n[nH]c(-c2ccccc2Br)n1)C(=O)N1CCC(Cc2ccccc2)CC1. The summed E-state index contributed by atoms with van der Waals surface area (Å²) in [6.07, 6.45) is 3.22. The molecule has 2 heterocycles. The van der Waals surface area contributed by atoms with Crippen molar-refractivity contribution >= 4 is 33.6 Å². The standard InChI is InChI=1S/C23H25BrN4OS/c1-16(30-23-25-21(26-27-23)19-9-5-6-10-20(19)24)22(29)28-13-11-18(12-14-28)15-17-7-3-2-4-8-17/h2-10,16,18H,11-15H2,1H3,(H,25,26,27). The summed E-state index contributed by atoms with van der Waals surface area (Å²) in [6.45, 7) is 3.60. The van der Waals surface area contributed by atoms with Crippen molar-refractivity contribution in [3.63, 3.8) is 0 Å². The number of carbonyl (C=O) groups is 1. The topological polar surface area (TPSA) is 61.9 Å². The molecule has 1 aromatic heterocycles. The van der Waals surface area contributed by atoms with E-state index in [0.29, 0.717) is 16.9 Å². The molecule has 7 heteroatoms. The van der Waals surface area contributed by atoms with Gasteiger partial charge in [-0.3, -0.25) is 9.89 Å². The molecule has 1 aliphatic heterocycles. The lowest BCUT2D eigenvalue weighted by Gasteiger charge is -2.33. The van der Waals surface area contributed by atoms with Crippen LogP contribution in [0.2, 0.25) is 0 Å². The zero-order valence-corrected chi connectivity index (χ0v) is 19.3. The van der Waals surface area contributed by atoms with Crippen LogP contribution in [0.25, 0.3) is 11.4 Å². The molecule has 1 unspecified atom stereocenters. The Morgan fingerprint density at radius 3 is 2.60 bits per heavy atom. The number of benzene rings is 2. The van der Waals surface area contributed by atoms with E-state index in [1.54, 1.807) is 0 Å². The molecule has 1 N–H and O–H groups in total. The summed E-state index contributed by atoms with van der Waals surface area (Å²) < 4.78 is 0.959. The fourth-order valence-corrected chi connectivity index (χ4v) is 5.12. The molecule has 1 amide bonds. The molecule has 3 aromatic rings. The van der Waals surface area contributed by atoms with E-state index >= 15 is 0 Å². The molecule has 0 aliphatic carbocycles. The number of aromatic amines is 1. The van der Waals surface area contributed by atoms with Crippen molar-refractivity contribution in [3.8, 4) is 11.4 Å². The average Bonchev–Trinajstić information content (AvgIpc) is 3.23. The number of piperidine rings is 1. The number of nitrogens with zero attached hydrogens (tertiary/aromatic N) is 3. The van der Waals surface area contributed by atoms with E-state index in [9.17, 15) is 4.79 Å². The molecule has 5 nitrogen and oxygen atoms in total. The summed E-state index contributed by atoms with van der Waals surface area (Å²) in [4.78, 5) is 19.5. The van der Waals surface area contributed by atoms with Gasteiger partial charge in [-0.1, -0.05) is 76.2 Å². The van der Waals surface area contributed by atoms with E-state index in [0.717, 1.165) is 42.4 Å². The number of carbonyl (C=O) groups excluding carboxylic acids is 1.